The lowest BCUT2D eigenvalue weighted by molar-refractivity contribution is -0.152. The Morgan fingerprint density at radius 3 is 2.10 bits per heavy atom. The van der Waals surface area contributed by atoms with E-state index in [0.29, 0.717) is 6.42 Å². The Hall–Kier alpha value is 0.0969. The van der Waals surface area contributed by atoms with Gasteiger partial charge in [0.25, 0.3) is 0 Å². The summed E-state index contributed by atoms with van der Waals surface area (Å²) in [4.78, 5) is 0. The average Bonchev–Trinajstić information content (AvgIpc) is 2.20. The topological polar surface area (TPSA) is 49.7 Å². The van der Waals surface area contributed by atoms with Crippen molar-refractivity contribution in [2.24, 2.45) is 11.3 Å². The maximum absolute atomic E-state index is 10.5. The molecule has 120 valence electrons. The van der Waals surface area contributed by atoms with Crippen molar-refractivity contribution >= 4 is 8.32 Å². The van der Waals surface area contributed by atoms with Gasteiger partial charge in [0.1, 0.15) is 0 Å². The molecule has 0 spiro atoms. The van der Waals surface area contributed by atoms with Crippen LogP contribution in [-0.4, -0.2) is 36.8 Å². The molecule has 0 aromatic heterocycles. The summed E-state index contributed by atoms with van der Waals surface area (Å²) in [6.45, 7) is 17.4. The van der Waals surface area contributed by atoms with Crippen LogP contribution in [-0.2, 0) is 4.43 Å². The molecule has 1 rings (SSSR count). The fourth-order valence-corrected chi connectivity index (χ4v) is 4.66. The van der Waals surface area contributed by atoms with Crippen LogP contribution >= 0.6 is 0 Å². The van der Waals surface area contributed by atoms with Crippen LogP contribution in [0.25, 0.3) is 0 Å². The van der Waals surface area contributed by atoms with Gasteiger partial charge < -0.3 is 14.6 Å². The molecule has 0 radical (unpaired) electrons. The quantitative estimate of drug-likeness (QED) is 0.784. The van der Waals surface area contributed by atoms with Gasteiger partial charge in [0.15, 0.2) is 8.32 Å². The van der Waals surface area contributed by atoms with Crippen LogP contribution in [0.2, 0.25) is 18.1 Å². The van der Waals surface area contributed by atoms with Gasteiger partial charge in [-0.3, -0.25) is 0 Å². The lowest BCUT2D eigenvalue weighted by atomic mass is 9.61. The largest absolute Gasteiger partial charge is 0.413 e. The van der Waals surface area contributed by atoms with E-state index >= 15 is 0 Å². The van der Waals surface area contributed by atoms with E-state index in [-0.39, 0.29) is 29.1 Å². The summed E-state index contributed by atoms with van der Waals surface area (Å²) in [6, 6.07) is 0. The van der Waals surface area contributed by atoms with E-state index < -0.39 is 13.9 Å². The van der Waals surface area contributed by atoms with Crippen molar-refractivity contribution in [2.75, 3.05) is 6.61 Å². The molecule has 0 saturated heterocycles. The van der Waals surface area contributed by atoms with Crippen LogP contribution in [0.3, 0.4) is 0 Å². The van der Waals surface area contributed by atoms with Gasteiger partial charge in [-0.1, -0.05) is 34.6 Å². The number of aliphatic hydroxyl groups excluding tert-OH is 1. The standard InChI is InChI=1S/C16H34O3Si/c1-14(2,3)20(7,8)19-13-9-10-16(6,18)12(11-17)15(13,4)5/h12-13,17-18H,9-11H2,1-8H3/t12-,13-,16+/m1/s1. The van der Waals surface area contributed by atoms with E-state index in [1.165, 1.54) is 0 Å². The highest BCUT2D eigenvalue weighted by atomic mass is 28.4. The second-order valence-corrected chi connectivity index (χ2v) is 13.6. The van der Waals surface area contributed by atoms with Crippen molar-refractivity contribution in [3.8, 4) is 0 Å². The fourth-order valence-electron chi connectivity index (χ4n) is 3.17. The van der Waals surface area contributed by atoms with E-state index in [1.54, 1.807) is 0 Å². The van der Waals surface area contributed by atoms with Crippen molar-refractivity contribution in [3.05, 3.63) is 0 Å². The predicted molar refractivity (Wildman–Crippen MR) is 86.3 cm³/mol. The molecule has 1 fully saturated rings. The van der Waals surface area contributed by atoms with Crippen molar-refractivity contribution in [1.82, 2.24) is 0 Å². The van der Waals surface area contributed by atoms with Gasteiger partial charge in [0.2, 0.25) is 0 Å². The molecule has 0 amide bonds. The zero-order valence-electron chi connectivity index (χ0n) is 14.6. The zero-order chi connectivity index (χ0) is 16.0. The summed E-state index contributed by atoms with van der Waals surface area (Å²) in [5.74, 6) is -0.140. The molecule has 0 bridgehead atoms. The van der Waals surface area contributed by atoms with Gasteiger partial charge in [-0.2, -0.15) is 0 Å². The van der Waals surface area contributed by atoms with Gasteiger partial charge in [0, 0.05) is 12.5 Å². The first kappa shape index (κ1) is 18.1. The highest BCUT2D eigenvalue weighted by Crippen LogP contribution is 2.49. The Morgan fingerprint density at radius 1 is 1.20 bits per heavy atom. The Kier molecular flexibility index (Phi) is 4.88. The van der Waals surface area contributed by atoms with Crippen molar-refractivity contribution in [1.29, 1.82) is 0 Å². The van der Waals surface area contributed by atoms with Crippen molar-refractivity contribution in [2.45, 2.75) is 84.2 Å². The summed E-state index contributed by atoms with van der Waals surface area (Å²) >= 11 is 0. The van der Waals surface area contributed by atoms with Crippen LogP contribution in [0.5, 0.6) is 0 Å². The van der Waals surface area contributed by atoms with Gasteiger partial charge in [-0.25, -0.2) is 0 Å². The van der Waals surface area contributed by atoms with E-state index in [0.717, 1.165) is 6.42 Å². The smallest absolute Gasteiger partial charge is 0.192 e. The molecule has 20 heavy (non-hydrogen) atoms. The summed E-state index contributed by atoms with van der Waals surface area (Å²) in [7, 11) is -1.83. The maximum atomic E-state index is 10.5. The Balaban J connectivity index is 2.99. The second kappa shape index (κ2) is 5.38. The molecule has 1 aliphatic rings. The van der Waals surface area contributed by atoms with Crippen LogP contribution < -0.4 is 0 Å². The highest BCUT2D eigenvalue weighted by molar-refractivity contribution is 6.74. The molecule has 0 unspecified atom stereocenters. The molecule has 0 aromatic carbocycles. The van der Waals surface area contributed by atoms with E-state index in [9.17, 15) is 10.2 Å². The molecule has 1 saturated carbocycles. The average molecular weight is 303 g/mol. The maximum Gasteiger partial charge on any atom is 0.192 e. The monoisotopic (exact) mass is 302 g/mol. The van der Waals surface area contributed by atoms with Crippen LogP contribution in [0.4, 0.5) is 0 Å². The third-order valence-corrected chi connectivity index (χ3v) is 10.3. The fraction of sp³-hybridized carbons (Fsp3) is 1.00. The molecule has 2 N–H and O–H groups in total. The number of rotatable bonds is 3. The lowest BCUT2D eigenvalue weighted by Crippen LogP contribution is -2.58. The van der Waals surface area contributed by atoms with Crippen LogP contribution in [0.1, 0.15) is 54.4 Å². The third kappa shape index (κ3) is 3.29. The van der Waals surface area contributed by atoms with Crippen LogP contribution in [0.15, 0.2) is 0 Å². The van der Waals surface area contributed by atoms with Gasteiger partial charge >= 0.3 is 0 Å². The summed E-state index contributed by atoms with van der Waals surface area (Å²) in [5.41, 5.74) is -1.02. The molecular formula is C16H34O3Si. The number of hydrogen-bond donors (Lipinski definition) is 2. The molecule has 4 heteroatoms. The minimum Gasteiger partial charge on any atom is -0.413 e. The normalized spacial score (nSPS) is 35.1. The molecular weight excluding hydrogens is 268 g/mol. The number of aliphatic hydroxyl groups is 2. The zero-order valence-corrected chi connectivity index (χ0v) is 15.6. The molecule has 0 heterocycles. The number of hydrogen-bond acceptors (Lipinski definition) is 3. The Bertz CT molecular complexity index is 342. The first-order chi connectivity index (χ1) is 8.75. The SMILES string of the molecule is CC1(C)[C@@H](CO)[C@@](C)(O)CC[C@H]1O[Si](C)(C)C(C)(C)C. The van der Waals surface area contributed by atoms with E-state index in [2.05, 4.69) is 47.7 Å². The Morgan fingerprint density at radius 2 is 1.70 bits per heavy atom. The molecule has 3 nitrogen and oxygen atoms in total. The van der Waals surface area contributed by atoms with E-state index in [4.69, 9.17) is 4.43 Å². The minimum atomic E-state index is -1.83. The summed E-state index contributed by atoms with van der Waals surface area (Å²) in [5, 5.41) is 20.5. The highest BCUT2D eigenvalue weighted by Gasteiger charge is 2.53. The summed E-state index contributed by atoms with van der Waals surface area (Å²) < 4.78 is 6.60. The summed E-state index contributed by atoms with van der Waals surface area (Å²) in [6.07, 6.45) is 1.67. The first-order valence-electron chi connectivity index (χ1n) is 7.77. The van der Waals surface area contributed by atoms with E-state index in [1.807, 2.05) is 6.92 Å². The van der Waals surface area contributed by atoms with Crippen LogP contribution in [0, 0.1) is 11.3 Å². The minimum absolute atomic E-state index is 0.0113. The van der Waals surface area contributed by atoms with Crippen molar-refractivity contribution < 1.29 is 14.6 Å². The predicted octanol–water partition coefficient (Wildman–Crippen LogP) is 3.56. The molecule has 3 atom stereocenters. The molecule has 1 aliphatic carbocycles. The molecule has 0 aliphatic heterocycles. The van der Waals surface area contributed by atoms with Gasteiger partial charge in [0.05, 0.1) is 11.7 Å². The lowest BCUT2D eigenvalue weighted by Gasteiger charge is -2.54. The third-order valence-electron chi connectivity index (χ3n) is 5.82. The van der Waals surface area contributed by atoms with Gasteiger partial charge in [-0.15, -0.1) is 0 Å². The Labute approximate surface area is 125 Å². The molecule has 0 aromatic rings. The van der Waals surface area contributed by atoms with Crippen molar-refractivity contribution in [3.63, 3.8) is 0 Å². The second-order valence-electron chi connectivity index (χ2n) is 8.82. The first-order valence-corrected chi connectivity index (χ1v) is 10.7. The van der Waals surface area contributed by atoms with Gasteiger partial charge in [-0.05, 0) is 43.3 Å².